The summed E-state index contributed by atoms with van der Waals surface area (Å²) in [5, 5.41) is 14.5. The summed E-state index contributed by atoms with van der Waals surface area (Å²) < 4.78 is 41.9. The maximum absolute atomic E-state index is 15.3. The highest BCUT2D eigenvalue weighted by molar-refractivity contribution is 6.31. The minimum Gasteiger partial charge on any atom is -0.488 e. The number of aliphatic hydroxyl groups is 1. The first-order valence-corrected chi connectivity index (χ1v) is 13.0. The number of fused-ring (bicyclic) bond motifs is 2. The lowest BCUT2D eigenvalue weighted by atomic mass is 9.91. The van der Waals surface area contributed by atoms with Gasteiger partial charge in [-0.05, 0) is 100 Å². The lowest BCUT2D eigenvalue weighted by Crippen LogP contribution is -2.50. The Morgan fingerprint density at radius 3 is 2.70 bits per heavy atom. The zero-order chi connectivity index (χ0) is 26.4. The number of rotatable bonds is 7. The first kappa shape index (κ1) is 25.9. The van der Waals surface area contributed by atoms with Crippen LogP contribution in [0.5, 0.6) is 5.75 Å². The predicted octanol–water partition coefficient (Wildman–Crippen LogP) is 5.60. The second kappa shape index (κ2) is 9.89. The second-order valence-corrected chi connectivity index (χ2v) is 11.1. The fraction of sp³-hybridized carbons (Fsp3) is 0.464. The topological polar surface area (TPSA) is 74.9 Å². The number of alkyl halides is 2. The number of nitrogens with one attached hydrogen (secondary N) is 1. The Labute approximate surface area is 219 Å². The highest BCUT2D eigenvalue weighted by Gasteiger charge is 2.46. The van der Waals surface area contributed by atoms with Crippen LogP contribution in [0.1, 0.15) is 56.1 Å². The number of amides is 1. The molecule has 1 aromatic heterocycles. The zero-order valence-electron chi connectivity index (χ0n) is 20.9. The van der Waals surface area contributed by atoms with Crippen molar-refractivity contribution in [3.8, 4) is 5.75 Å². The minimum atomic E-state index is -3.94. The fourth-order valence-corrected chi connectivity index (χ4v) is 5.28. The van der Waals surface area contributed by atoms with Gasteiger partial charge in [-0.1, -0.05) is 17.7 Å². The number of carbonyl (C=O) groups excluding carboxylic acids is 1. The average molecular weight is 533 g/mol. The molecular weight excluding hydrogens is 502 g/mol. The van der Waals surface area contributed by atoms with Crippen molar-refractivity contribution in [2.45, 2.75) is 63.2 Å². The molecule has 1 amide bonds. The Kier molecular flexibility index (Phi) is 6.94. The van der Waals surface area contributed by atoms with E-state index < -0.39 is 29.7 Å². The molecule has 0 saturated carbocycles. The average Bonchev–Trinajstić information content (AvgIpc) is 3.52. The van der Waals surface area contributed by atoms with Gasteiger partial charge in [-0.25, -0.2) is 0 Å². The predicted molar refractivity (Wildman–Crippen MR) is 137 cm³/mol. The smallest absolute Gasteiger partial charge is 0.380 e. The highest BCUT2D eigenvalue weighted by atomic mass is 35.5. The van der Waals surface area contributed by atoms with Crippen molar-refractivity contribution in [2.24, 2.45) is 0 Å². The number of aliphatic hydroxyl groups excluding tert-OH is 1. The summed E-state index contributed by atoms with van der Waals surface area (Å²) in [5.74, 6) is -5.48. The second-order valence-electron chi connectivity index (χ2n) is 10.6. The zero-order valence-corrected chi connectivity index (χ0v) is 21.7. The Morgan fingerprint density at radius 2 is 1.95 bits per heavy atom. The van der Waals surface area contributed by atoms with Crippen LogP contribution < -0.4 is 10.1 Å². The first-order valence-electron chi connectivity index (χ1n) is 12.6. The van der Waals surface area contributed by atoms with Gasteiger partial charge in [0, 0.05) is 17.0 Å². The monoisotopic (exact) mass is 532 g/mol. The molecule has 37 heavy (non-hydrogen) atoms. The van der Waals surface area contributed by atoms with Crippen LogP contribution in [0, 0.1) is 0 Å². The Bertz CT molecular complexity index is 1300. The number of aryl methyl sites for hydroxylation is 1. The van der Waals surface area contributed by atoms with E-state index in [-0.39, 0.29) is 17.7 Å². The van der Waals surface area contributed by atoms with Crippen molar-refractivity contribution in [1.82, 2.24) is 10.2 Å². The lowest BCUT2D eigenvalue weighted by molar-refractivity contribution is -0.151. The standard InChI is InChI=1S/C28H31ClF2N2O4/c1-27(2)10-9-17-13-18(5-7-23(17)37-27)25(34)21(16-33-11-3-4-12-33)32-26(35)28(30,31)24-15-19-14-20(29)6-8-22(19)36-24/h5-8,13-15,21,25,34H,3-4,9-12,16H2,1-2H3,(H,32,35). The van der Waals surface area contributed by atoms with Crippen LogP contribution in [0.25, 0.3) is 11.0 Å². The van der Waals surface area contributed by atoms with Crippen molar-refractivity contribution in [1.29, 1.82) is 0 Å². The van der Waals surface area contributed by atoms with E-state index in [1.807, 2.05) is 19.9 Å². The van der Waals surface area contributed by atoms with E-state index >= 15 is 8.78 Å². The highest BCUT2D eigenvalue weighted by Crippen LogP contribution is 2.37. The van der Waals surface area contributed by atoms with Crippen LogP contribution in [0.15, 0.2) is 46.9 Å². The Morgan fingerprint density at radius 1 is 1.19 bits per heavy atom. The van der Waals surface area contributed by atoms with Gasteiger partial charge in [0.05, 0.1) is 6.04 Å². The van der Waals surface area contributed by atoms with Gasteiger partial charge in [0.25, 0.3) is 5.91 Å². The van der Waals surface area contributed by atoms with Gasteiger partial charge in [-0.2, -0.15) is 8.78 Å². The third-order valence-corrected chi connectivity index (χ3v) is 7.47. The Balaban J connectivity index is 1.39. The fourth-order valence-electron chi connectivity index (χ4n) is 5.10. The molecule has 2 unspecified atom stereocenters. The van der Waals surface area contributed by atoms with Crippen LogP contribution in [0.4, 0.5) is 8.78 Å². The van der Waals surface area contributed by atoms with Crippen LogP contribution in [0.3, 0.4) is 0 Å². The molecule has 2 N–H and O–H groups in total. The number of ether oxygens (including phenoxy) is 1. The summed E-state index contributed by atoms with van der Waals surface area (Å²) in [6, 6.07) is 10.1. The number of nitrogens with zero attached hydrogens (tertiary/aromatic N) is 1. The molecule has 2 aromatic carbocycles. The molecule has 3 heterocycles. The number of furan rings is 1. The van der Waals surface area contributed by atoms with E-state index in [2.05, 4.69) is 10.2 Å². The molecule has 2 atom stereocenters. The SMILES string of the molecule is CC1(C)CCc2cc(C(O)C(CN3CCCC3)NC(=O)C(F)(F)c3cc4cc(Cl)ccc4o3)ccc2O1. The number of likely N-dealkylation sites (tertiary alicyclic amines) is 1. The van der Waals surface area contributed by atoms with Gasteiger partial charge in [0.15, 0.2) is 5.76 Å². The number of benzene rings is 2. The number of carbonyl (C=O) groups is 1. The van der Waals surface area contributed by atoms with Gasteiger partial charge in [-0.3, -0.25) is 4.79 Å². The van der Waals surface area contributed by atoms with Crippen LogP contribution in [-0.4, -0.2) is 47.2 Å². The molecule has 5 rings (SSSR count). The molecule has 1 saturated heterocycles. The largest absolute Gasteiger partial charge is 0.488 e. The van der Waals surface area contributed by atoms with Crippen molar-refractivity contribution >= 4 is 28.5 Å². The minimum absolute atomic E-state index is 0.208. The summed E-state index contributed by atoms with van der Waals surface area (Å²) in [6.07, 6.45) is 2.39. The summed E-state index contributed by atoms with van der Waals surface area (Å²) >= 11 is 5.96. The van der Waals surface area contributed by atoms with E-state index in [4.69, 9.17) is 20.8 Å². The van der Waals surface area contributed by atoms with Crippen molar-refractivity contribution < 1.29 is 27.8 Å². The van der Waals surface area contributed by atoms with Gasteiger partial charge in [-0.15, -0.1) is 0 Å². The van der Waals surface area contributed by atoms with Crippen molar-refractivity contribution in [3.05, 3.63) is 64.4 Å². The molecule has 1 fully saturated rings. The normalized spacial score (nSPS) is 19.3. The summed E-state index contributed by atoms with van der Waals surface area (Å²) in [7, 11) is 0. The summed E-state index contributed by atoms with van der Waals surface area (Å²) in [5.41, 5.74) is 1.44. The van der Waals surface area contributed by atoms with Crippen molar-refractivity contribution in [2.75, 3.05) is 19.6 Å². The maximum atomic E-state index is 15.3. The van der Waals surface area contributed by atoms with E-state index in [0.29, 0.717) is 16.0 Å². The molecule has 0 radical (unpaired) electrons. The number of halogens is 3. The number of hydrogen-bond donors (Lipinski definition) is 2. The molecule has 0 bridgehead atoms. The molecule has 6 nitrogen and oxygen atoms in total. The molecule has 0 aliphatic carbocycles. The van der Waals surface area contributed by atoms with Gasteiger partial charge >= 0.3 is 5.92 Å². The molecule has 2 aliphatic rings. The number of hydrogen-bond acceptors (Lipinski definition) is 5. The third-order valence-electron chi connectivity index (χ3n) is 7.23. The van der Waals surface area contributed by atoms with E-state index in [0.717, 1.165) is 56.2 Å². The third kappa shape index (κ3) is 5.47. The molecular formula is C28H31ClF2N2O4. The lowest BCUT2D eigenvalue weighted by Gasteiger charge is -2.34. The van der Waals surface area contributed by atoms with E-state index in [9.17, 15) is 9.90 Å². The molecule has 0 spiro atoms. The first-order chi connectivity index (χ1) is 17.5. The van der Waals surface area contributed by atoms with E-state index in [1.54, 1.807) is 12.1 Å². The van der Waals surface area contributed by atoms with E-state index in [1.165, 1.54) is 18.2 Å². The van der Waals surface area contributed by atoms with Crippen LogP contribution >= 0.6 is 11.6 Å². The van der Waals surface area contributed by atoms with Crippen molar-refractivity contribution in [3.63, 3.8) is 0 Å². The maximum Gasteiger partial charge on any atom is 0.380 e. The van der Waals surface area contributed by atoms with Crippen LogP contribution in [0.2, 0.25) is 5.02 Å². The Hall–Kier alpha value is -2.68. The molecule has 3 aromatic rings. The molecule has 2 aliphatic heterocycles. The van der Waals surface area contributed by atoms with Crippen LogP contribution in [-0.2, 0) is 17.1 Å². The quantitative estimate of drug-likeness (QED) is 0.414. The summed E-state index contributed by atoms with van der Waals surface area (Å²) in [6.45, 7) is 5.87. The molecule has 198 valence electrons. The van der Waals surface area contributed by atoms with Gasteiger partial charge in [0.2, 0.25) is 0 Å². The summed E-state index contributed by atoms with van der Waals surface area (Å²) in [4.78, 5) is 15.0. The van der Waals surface area contributed by atoms with Gasteiger partial charge in [0.1, 0.15) is 23.0 Å². The van der Waals surface area contributed by atoms with Gasteiger partial charge < -0.3 is 24.5 Å². The molecule has 9 heteroatoms.